The minimum atomic E-state index is -1.53. The molecule has 1 aromatic heterocycles. The van der Waals surface area contributed by atoms with Gasteiger partial charge in [-0.2, -0.15) is 0 Å². The Morgan fingerprint density at radius 3 is 2.61 bits per heavy atom. The van der Waals surface area contributed by atoms with Crippen molar-refractivity contribution in [1.82, 2.24) is 14.9 Å². The summed E-state index contributed by atoms with van der Waals surface area (Å²) in [4.78, 5) is 43.5. The molecule has 2 heterocycles. The summed E-state index contributed by atoms with van der Waals surface area (Å²) in [6.45, 7) is 6.89. The number of imidazole rings is 1. The Kier molecular flexibility index (Phi) is 5.24. The van der Waals surface area contributed by atoms with E-state index < -0.39 is 28.5 Å². The lowest BCUT2D eigenvalue weighted by Crippen LogP contribution is -2.41. The van der Waals surface area contributed by atoms with Gasteiger partial charge in [-0.05, 0) is 39.8 Å². The molecule has 36 heavy (non-hydrogen) atoms. The number of ether oxygens (including phenoxy) is 1. The molecular formula is C27H25N3O6. The first kappa shape index (κ1) is 23.3. The second-order valence-electron chi connectivity index (χ2n) is 9.24. The molecule has 2 aromatic carbocycles. The smallest absolute Gasteiger partial charge is 0.194 e. The van der Waals surface area contributed by atoms with Gasteiger partial charge >= 0.3 is 0 Å². The number of rotatable bonds is 5. The van der Waals surface area contributed by atoms with Crippen LogP contribution in [0.4, 0.5) is 0 Å². The summed E-state index contributed by atoms with van der Waals surface area (Å²) in [5, 5.41) is 24.5. The first-order valence-corrected chi connectivity index (χ1v) is 11.5. The number of Topliss-reactive ketones (excluding diaryl/α,β-unsaturated/α-hetero) is 2. The van der Waals surface area contributed by atoms with E-state index in [0.717, 1.165) is 11.0 Å². The number of para-hydroxylation sites is 2. The number of nitrogens with one attached hydrogen (secondary N) is 1. The fraction of sp³-hybridized carbons (Fsp3) is 0.259. The van der Waals surface area contributed by atoms with Gasteiger partial charge in [0.25, 0.3) is 0 Å². The number of hydrogen-bond donors (Lipinski definition) is 3. The fourth-order valence-electron chi connectivity index (χ4n) is 5.00. The first-order chi connectivity index (χ1) is 17.1. The summed E-state index contributed by atoms with van der Waals surface area (Å²) in [6, 6.07) is 7.74. The quantitative estimate of drug-likeness (QED) is 0.284. The number of ketones is 3. The Labute approximate surface area is 206 Å². The summed E-state index contributed by atoms with van der Waals surface area (Å²) in [6.07, 6.45) is 2.95. The third-order valence-electron chi connectivity index (χ3n) is 7.03. The molecule has 3 N–H and O–H groups in total. The summed E-state index contributed by atoms with van der Waals surface area (Å²) < 4.78 is 7.76. The molecule has 1 aliphatic heterocycles. The maximum Gasteiger partial charge on any atom is 0.194 e. The topological polar surface area (TPSA) is 131 Å². The molecule has 1 atom stereocenters. The largest absolute Gasteiger partial charge is 0.507 e. The van der Waals surface area contributed by atoms with Crippen LogP contribution < -0.4 is 10.1 Å². The number of allylic oxidation sites excluding steroid dienone is 4. The Bertz CT molecular complexity index is 1560. The van der Waals surface area contributed by atoms with E-state index in [2.05, 4.69) is 10.3 Å². The van der Waals surface area contributed by atoms with Crippen molar-refractivity contribution in [2.75, 3.05) is 6.54 Å². The van der Waals surface area contributed by atoms with Crippen LogP contribution >= 0.6 is 0 Å². The van der Waals surface area contributed by atoms with Gasteiger partial charge in [0.2, 0.25) is 0 Å². The van der Waals surface area contributed by atoms with Gasteiger partial charge in [0.15, 0.2) is 17.3 Å². The number of aromatic hydroxyl groups is 2. The molecule has 0 spiro atoms. The average molecular weight is 488 g/mol. The van der Waals surface area contributed by atoms with Crippen LogP contribution in [0.2, 0.25) is 0 Å². The SMILES string of the molecule is CC(=O)c1c(O)c(C)c(O)c2c1OC1=CC(=O)/C(=C(/C)NCCn3cnc4ccccc43)C(=O)[C@@]12C. The van der Waals surface area contributed by atoms with Crippen LogP contribution in [0.25, 0.3) is 11.0 Å². The molecule has 0 radical (unpaired) electrons. The van der Waals surface area contributed by atoms with E-state index in [1.54, 1.807) is 20.2 Å². The van der Waals surface area contributed by atoms with Gasteiger partial charge in [-0.25, -0.2) is 4.98 Å². The van der Waals surface area contributed by atoms with E-state index in [1.807, 2.05) is 28.8 Å². The standard InChI is InChI=1S/C27H25N3O6/c1-13-23(33)21(15(3)31)25-22(24(13)34)27(4)19(36-25)11-18(32)20(26(27)35)14(2)28-9-10-30-12-29-16-7-5-6-8-17(16)30/h5-8,11-12,28,33-34H,9-10H2,1-4H3/b20-14+/t27-/m0/s1. The van der Waals surface area contributed by atoms with Gasteiger partial charge in [0.1, 0.15) is 34.0 Å². The number of aromatic nitrogens is 2. The normalized spacial score (nSPS) is 20.1. The molecule has 1 aliphatic carbocycles. The molecule has 5 rings (SSSR count). The highest BCUT2D eigenvalue weighted by Gasteiger charge is 2.56. The molecule has 0 fully saturated rings. The molecule has 0 saturated heterocycles. The van der Waals surface area contributed by atoms with Crippen LogP contribution in [0.5, 0.6) is 17.2 Å². The van der Waals surface area contributed by atoms with Crippen molar-refractivity contribution in [2.45, 2.75) is 39.7 Å². The molecule has 0 bridgehead atoms. The number of hydrogen-bond acceptors (Lipinski definition) is 8. The van der Waals surface area contributed by atoms with E-state index >= 15 is 0 Å². The number of phenolic OH excluding ortho intramolecular Hbond substituents is 2. The second-order valence-corrected chi connectivity index (χ2v) is 9.24. The van der Waals surface area contributed by atoms with E-state index in [4.69, 9.17) is 4.74 Å². The van der Waals surface area contributed by atoms with E-state index in [0.29, 0.717) is 18.8 Å². The van der Waals surface area contributed by atoms with Gasteiger partial charge < -0.3 is 24.8 Å². The second kappa shape index (κ2) is 8.08. The minimum absolute atomic E-state index is 0.0109. The van der Waals surface area contributed by atoms with Crippen LogP contribution in [0.15, 0.2) is 53.7 Å². The molecule has 2 aliphatic rings. The molecule has 184 valence electrons. The number of carbonyl (C=O) groups is 3. The lowest BCUT2D eigenvalue weighted by Gasteiger charge is -2.29. The highest BCUT2D eigenvalue weighted by Crippen LogP contribution is 2.57. The van der Waals surface area contributed by atoms with Crippen LogP contribution in [0.3, 0.4) is 0 Å². The van der Waals surface area contributed by atoms with Gasteiger partial charge in [0.05, 0.1) is 28.5 Å². The summed E-state index contributed by atoms with van der Waals surface area (Å²) >= 11 is 0. The van der Waals surface area contributed by atoms with Crippen LogP contribution in [-0.4, -0.2) is 43.7 Å². The Hall–Kier alpha value is -4.40. The molecule has 0 amide bonds. The molecule has 3 aromatic rings. The number of fused-ring (bicyclic) bond motifs is 4. The van der Waals surface area contributed by atoms with Crippen molar-refractivity contribution in [3.05, 3.63) is 70.4 Å². The maximum atomic E-state index is 13.8. The van der Waals surface area contributed by atoms with Crippen molar-refractivity contribution in [2.24, 2.45) is 0 Å². The summed E-state index contributed by atoms with van der Waals surface area (Å²) in [5.41, 5.74) is 0.652. The van der Waals surface area contributed by atoms with Gasteiger partial charge in [0, 0.05) is 30.4 Å². The number of benzene rings is 2. The maximum absolute atomic E-state index is 13.8. The van der Waals surface area contributed by atoms with E-state index in [-0.39, 0.29) is 39.5 Å². The Balaban J connectivity index is 1.51. The highest BCUT2D eigenvalue weighted by atomic mass is 16.5. The minimum Gasteiger partial charge on any atom is -0.507 e. The Morgan fingerprint density at radius 2 is 1.89 bits per heavy atom. The third kappa shape index (κ3) is 3.16. The average Bonchev–Trinajstić information content (AvgIpc) is 3.37. The molecule has 9 heteroatoms. The summed E-state index contributed by atoms with van der Waals surface area (Å²) in [7, 11) is 0. The van der Waals surface area contributed by atoms with Crippen molar-refractivity contribution in [3.63, 3.8) is 0 Å². The van der Waals surface area contributed by atoms with Crippen LogP contribution in [0.1, 0.15) is 42.3 Å². The molecule has 0 unspecified atom stereocenters. The number of phenols is 2. The van der Waals surface area contributed by atoms with E-state index in [9.17, 15) is 24.6 Å². The zero-order valence-corrected chi connectivity index (χ0v) is 20.3. The zero-order valence-electron chi connectivity index (χ0n) is 20.3. The number of carbonyl (C=O) groups excluding carboxylic acids is 3. The third-order valence-corrected chi connectivity index (χ3v) is 7.03. The fourth-order valence-corrected chi connectivity index (χ4v) is 5.00. The first-order valence-electron chi connectivity index (χ1n) is 11.5. The lowest BCUT2D eigenvalue weighted by molar-refractivity contribution is -0.123. The van der Waals surface area contributed by atoms with Gasteiger partial charge in [-0.1, -0.05) is 12.1 Å². The van der Waals surface area contributed by atoms with Gasteiger partial charge in [-0.15, -0.1) is 0 Å². The van der Waals surface area contributed by atoms with Crippen LogP contribution in [-0.2, 0) is 21.5 Å². The van der Waals surface area contributed by atoms with E-state index in [1.165, 1.54) is 19.9 Å². The van der Waals surface area contributed by atoms with Crippen molar-refractivity contribution in [3.8, 4) is 17.2 Å². The molecule has 0 saturated carbocycles. The van der Waals surface area contributed by atoms with Crippen molar-refractivity contribution >= 4 is 28.4 Å². The monoisotopic (exact) mass is 487 g/mol. The molecular weight excluding hydrogens is 462 g/mol. The predicted octanol–water partition coefficient (Wildman–Crippen LogP) is 3.21. The summed E-state index contributed by atoms with van der Waals surface area (Å²) in [5.74, 6) is -2.44. The Morgan fingerprint density at radius 1 is 1.17 bits per heavy atom. The van der Waals surface area contributed by atoms with Crippen molar-refractivity contribution < 1.29 is 29.3 Å². The lowest BCUT2D eigenvalue weighted by atomic mass is 9.70. The van der Waals surface area contributed by atoms with Gasteiger partial charge in [-0.3, -0.25) is 14.4 Å². The van der Waals surface area contributed by atoms with Crippen molar-refractivity contribution in [1.29, 1.82) is 0 Å². The highest BCUT2D eigenvalue weighted by molar-refractivity contribution is 6.31. The predicted molar refractivity (Wildman–Crippen MR) is 131 cm³/mol. The van der Waals surface area contributed by atoms with Crippen LogP contribution in [0, 0.1) is 6.92 Å². The zero-order chi connectivity index (χ0) is 25.9. The molecule has 9 nitrogen and oxygen atoms in total. The number of nitrogens with zero attached hydrogens (tertiary/aromatic N) is 2.